The predicted octanol–water partition coefficient (Wildman–Crippen LogP) is 5.40. The van der Waals surface area contributed by atoms with E-state index in [1.54, 1.807) is 21.1 Å². The average Bonchev–Trinajstić information content (AvgIpc) is 2.77. The molecule has 0 aliphatic heterocycles. The Labute approximate surface area is 214 Å². The molecular formula is C28H54N3O4+. The van der Waals surface area contributed by atoms with Crippen LogP contribution in [-0.4, -0.2) is 61.2 Å². The van der Waals surface area contributed by atoms with Crippen molar-refractivity contribution in [2.45, 2.75) is 122 Å². The summed E-state index contributed by atoms with van der Waals surface area (Å²) in [6, 6.07) is -1.03. The minimum absolute atomic E-state index is 0.0642. The van der Waals surface area contributed by atoms with Gasteiger partial charge < -0.3 is 20.2 Å². The predicted molar refractivity (Wildman–Crippen MR) is 144 cm³/mol. The van der Waals surface area contributed by atoms with Crippen molar-refractivity contribution in [1.29, 1.82) is 0 Å². The van der Waals surface area contributed by atoms with Gasteiger partial charge in [0.2, 0.25) is 18.9 Å². The minimum atomic E-state index is -1.35. The van der Waals surface area contributed by atoms with Gasteiger partial charge in [-0.2, -0.15) is 0 Å². The van der Waals surface area contributed by atoms with Crippen molar-refractivity contribution in [2.24, 2.45) is 5.92 Å². The number of carboxylic acid groups (broad SMARTS) is 1. The Bertz CT molecular complexity index is 592. The second-order valence-electron chi connectivity index (χ2n) is 10.9. The first-order valence-corrected chi connectivity index (χ1v) is 13.8. The fourth-order valence-electron chi connectivity index (χ4n) is 5.01. The summed E-state index contributed by atoms with van der Waals surface area (Å²) in [4.78, 5) is 34.9. The first-order valence-electron chi connectivity index (χ1n) is 13.8. The number of carboxylic acids is 1. The number of quaternary nitrogens is 1. The second kappa shape index (κ2) is 19.3. The Kier molecular flexibility index (Phi) is 18.3. The molecule has 7 nitrogen and oxygen atoms in total. The van der Waals surface area contributed by atoms with E-state index in [1.807, 2.05) is 6.92 Å². The maximum Gasteiger partial charge on any atom is 0.367 e. The summed E-state index contributed by atoms with van der Waals surface area (Å²) in [6.07, 6.45) is 23.6. The maximum absolute atomic E-state index is 12.1. The molecule has 0 aromatic carbocycles. The molecule has 2 atom stereocenters. The van der Waals surface area contributed by atoms with Crippen molar-refractivity contribution in [1.82, 2.24) is 10.6 Å². The number of amides is 2. The molecule has 0 saturated heterocycles. The number of carbonyl (C=O) groups is 3. The molecule has 2 amide bonds. The second-order valence-corrected chi connectivity index (χ2v) is 10.9. The summed E-state index contributed by atoms with van der Waals surface area (Å²) >= 11 is 0. The van der Waals surface area contributed by atoms with Gasteiger partial charge in [-0.1, -0.05) is 90.2 Å². The summed E-state index contributed by atoms with van der Waals surface area (Å²) in [7, 11) is 5.26. The van der Waals surface area contributed by atoms with Crippen molar-refractivity contribution in [3.63, 3.8) is 0 Å². The number of unbranched alkanes of at least 4 members (excludes halogenated alkanes) is 12. The van der Waals surface area contributed by atoms with Crippen LogP contribution in [0, 0.1) is 5.92 Å². The number of aliphatic carboxylic acids is 1. The van der Waals surface area contributed by atoms with E-state index in [-0.39, 0.29) is 10.4 Å². The summed E-state index contributed by atoms with van der Waals surface area (Å²) in [5, 5.41) is 15.3. The molecule has 0 aromatic heterocycles. The first-order chi connectivity index (χ1) is 16.7. The molecule has 0 aliphatic rings. The highest BCUT2D eigenvalue weighted by Crippen LogP contribution is 2.29. The van der Waals surface area contributed by atoms with Crippen molar-refractivity contribution in [3.05, 3.63) is 12.2 Å². The van der Waals surface area contributed by atoms with Crippen LogP contribution in [0.2, 0.25) is 0 Å². The molecule has 0 rings (SSSR count). The van der Waals surface area contributed by atoms with Crippen LogP contribution in [0.1, 0.15) is 110 Å². The van der Waals surface area contributed by atoms with Crippen LogP contribution in [0.25, 0.3) is 0 Å². The molecular weight excluding hydrogens is 442 g/mol. The van der Waals surface area contributed by atoms with Crippen LogP contribution in [0.15, 0.2) is 12.2 Å². The summed E-state index contributed by atoms with van der Waals surface area (Å²) in [5.74, 6) is -1.30. The third kappa shape index (κ3) is 13.7. The highest BCUT2D eigenvalue weighted by Gasteiger charge is 2.54. The van der Waals surface area contributed by atoms with Crippen molar-refractivity contribution in [3.8, 4) is 0 Å². The molecule has 0 heterocycles. The standard InChI is InChI=1S/C28H53N3O4/c1-6-7-8-9-10-11-12-13-14-15-16-17-18-19-20-21-22-25(2)28(29-23-32,30-24-33)26(27(34)35)31(3,4)5/h13-14,23-26H,6-12,15-22H2,1-5H3,(H2-,29,30,32,33,34,35)/p+1. The molecule has 0 aromatic rings. The van der Waals surface area contributed by atoms with E-state index in [9.17, 15) is 19.5 Å². The van der Waals surface area contributed by atoms with E-state index in [0.717, 1.165) is 25.7 Å². The number of nitrogens with one attached hydrogen (secondary N) is 2. The van der Waals surface area contributed by atoms with Gasteiger partial charge in [0.1, 0.15) is 0 Å². The smallest absolute Gasteiger partial charge is 0.367 e. The highest BCUT2D eigenvalue weighted by molar-refractivity contribution is 5.76. The normalized spacial score (nSPS) is 14.0. The van der Waals surface area contributed by atoms with E-state index in [4.69, 9.17) is 0 Å². The number of hydrogen-bond acceptors (Lipinski definition) is 3. The number of carbonyl (C=O) groups excluding carboxylic acids is 2. The molecule has 35 heavy (non-hydrogen) atoms. The lowest BCUT2D eigenvalue weighted by molar-refractivity contribution is -0.892. The van der Waals surface area contributed by atoms with Gasteiger partial charge in [0, 0.05) is 5.92 Å². The minimum Gasteiger partial charge on any atom is -0.477 e. The van der Waals surface area contributed by atoms with Gasteiger partial charge >= 0.3 is 5.97 Å². The van der Waals surface area contributed by atoms with Crippen molar-refractivity contribution >= 4 is 18.8 Å². The zero-order valence-corrected chi connectivity index (χ0v) is 23.2. The van der Waals surface area contributed by atoms with E-state index in [1.165, 1.54) is 64.2 Å². The molecule has 0 bridgehead atoms. The van der Waals surface area contributed by atoms with Gasteiger partial charge in [-0.3, -0.25) is 9.59 Å². The molecule has 2 unspecified atom stereocenters. The number of allylic oxidation sites excluding steroid dienone is 2. The van der Waals surface area contributed by atoms with Crippen LogP contribution in [0.3, 0.4) is 0 Å². The fourth-order valence-corrected chi connectivity index (χ4v) is 5.01. The third-order valence-electron chi connectivity index (χ3n) is 6.96. The Morgan fingerprint density at radius 2 is 1.23 bits per heavy atom. The first kappa shape index (κ1) is 33.1. The number of nitrogens with zero attached hydrogens (tertiary/aromatic N) is 1. The Morgan fingerprint density at radius 3 is 1.63 bits per heavy atom. The lowest BCUT2D eigenvalue weighted by atomic mass is 9.81. The topological polar surface area (TPSA) is 95.5 Å². The van der Waals surface area contributed by atoms with E-state index in [2.05, 4.69) is 29.7 Å². The molecule has 0 fully saturated rings. The van der Waals surface area contributed by atoms with Gasteiger partial charge in [0.15, 0.2) is 5.66 Å². The monoisotopic (exact) mass is 496 g/mol. The molecule has 204 valence electrons. The molecule has 0 radical (unpaired) electrons. The number of hydrogen-bond donors (Lipinski definition) is 3. The Hall–Kier alpha value is -1.89. The summed E-state index contributed by atoms with van der Waals surface area (Å²) < 4.78 is 0.0642. The van der Waals surface area contributed by atoms with Crippen LogP contribution < -0.4 is 10.6 Å². The zero-order valence-electron chi connectivity index (χ0n) is 23.2. The van der Waals surface area contributed by atoms with Crippen LogP contribution in [0.4, 0.5) is 0 Å². The van der Waals surface area contributed by atoms with Crippen LogP contribution in [0.5, 0.6) is 0 Å². The number of likely N-dealkylation sites (N-methyl/N-ethyl adjacent to an activating group) is 1. The van der Waals surface area contributed by atoms with Crippen LogP contribution in [-0.2, 0) is 14.4 Å². The largest absolute Gasteiger partial charge is 0.477 e. The lowest BCUT2D eigenvalue weighted by Crippen LogP contribution is -2.76. The van der Waals surface area contributed by atoms with Gasteiger partial charge in [-0.05, 0) is 32.1 Å². The number of rotatable bonds is 24. The average molecular weight is 497 g/mol. The SMILES string of the molecule is CCCCCCCCC=CCCCCCCCCC(C)C(NC=O)(NC=O)C(C(=O)O)[N+](C)(C)C. The zero-order chi connectivity index (χ0) is 26.6. The fraction of sp³-hybridized carbons (Fsp3) is 0.821. The van der Waals surface area contributed by atoms with Crippen molar-refractivity contribution < 1.29 is 24.0 Å². The Balaban J connectivity index is 4.32. The molecule has 3 N–H and O–H groups in total. The van der Waals surface area contributed by atoms with Gasteiger partial charge in [0.25, 0.3) is 0 Å². The van der Waals surface area contributed by atoms with Crippen LogP contribution >= 0.6 is 0 Å². The molecule has 7 heteroatoms. The lowest BCUT2D eigenvalue weighted by Gasteiger charge is -2.47. The van der Waals surface area contributed by atoms with E-state index >= 15 is 0 Å². The third-order valence-corrected chi connectivity index (χ3v) is 6.96. The molecule has 0 saturated carbocycles. The summed E-state index contributed by atoms with van der Waals surface area (Å²) in [6.45, 7) is 4.15. The van der Waals surface area contributed by atoms with Crippen molar-refractivity contribution in [2.75, 3.05) is 21.1 Å². The van der Waals surface area contributed by atoms with Gasteiger partial charge in [-0.15, -0.1) is 0 Å². The molecule has 0 spiro atoms. The van der Waals surface area contributed by atoms with Gasteiger partial charge in [0.05, 0.1) is 21.1 Å². The van der Waals surface area contributed by atoms with Gasteiger partial charge in [-0.25, -0.2) is 4.79 Å². The Morgan fingerprint density at radius 1 is 0.800 bits per heavy atom. The quantitative estimate of drug-likeness (QED) is 0.0548. The van der Waals surface area contributed by atoms with E-state index < -0.39 is 17.7 Å². The molecule has 0 aliphatic carbocycles. The highest BCUT2D eigenvalue weighted by atomic mass is 16.4. The van der Waals surface area contributed by atoms with E-state index in [0.29, 0.717) is 19.2 Å². The summed E-state index contributed by atoms with van der Waals surface area (Å²) in [5.41, 5.74) is -1.35. The maximum atomic E-state index is 12.1.